The molecule has 1 aliphatic heterocycles. The molecular weight excluding hydrogens is 308 g/mol. The Morgan fingerprint density at radius 3 is 2.74 bits per heavy atom. The minimum atomic E-state index is 0.741. The van der Waals surface area contributed by atoms with Crippen LogP contribution in [0.25, 0.3) is 22.6 Å². The molecule has 0 N–H and O–H groups in total. The minimum Gasteiger partial charge on any atom is -0.278 e. The van der Waals surface area contributed by atoms with E-state index >= 15 is 0 Å². The molecule has 0 fully saturated rings. The van der Waals surface area contributed by atoms with Crippen molar-refractivity contribution < 1.29 is 0 Å². The summed E-state index contributed by atoms with van der Waals surface area (Å²) < 4.78 is 2.13. The van der Waals surface area contributed by atoms with Crippen molar-refractivity contribution >= 4 is 17.2 Å². The van der Waals surface area contributed by atoms with E-state index in [0.29, 0.717) is 0 Å². The lowest BCUT2D eigenvalue weighted by molar-refractivity contribution is 0.929. The molecule has 0 radical (unpaired) electrons. The van der Waals surface area contributed by atoms with Gasteiger partial charge in [-0.15, -0.1) is 10.2 Å². The molecule has 0 bridgehead atoms. The Bertz CT molecular complexity index is 897. The maximum atomic E-state index is 6.23. The van der Waals surface area contributed by atoms with Crippen molar-refractivity contribution in [1.82, 2.24) is 19.7 Å². The fourth-order valence-corrected chi connectivity index (χ4v) is 3.18. The van der Waals surface area contributed by atoms with Crippen LogP contribution in [0.4, 0.5) is 0 Å². The smallest absolute Gasteiger partial charge is 0.168 e. The van der Waals surface area contributed by atoms with Gasteiger partial charge in [-0.05, 0) is 42.3 Å². The highest BCUT2D eigenvalue weighted by atomic mass is 35.5. The molecule has 0 atom stereocenters. The van der Waals surface area contributed by atoms with E-state index in [1.807, 2.05) is 30.3 Å². The normalized spacial score (nSPS) is 13.0. The van der Waals surface area contributed by atoms with Crippen LogP contribution < -0.4 is 0 Å². The summed E-state index contributed by atoms with van der Waals surface area (Å²) in [6.07, 6.45) is 7.47. The first-order valence-corrected chi connectivity index (χ1v) is 7.99. The molecule has 3 heterocycles. The van der Waals surface area contributed by atoms with Gasteiger partial charge in [-0.2, -0.15) is 0 Å². The van der Waals surface area contributed by atoms with Crippen molar-refractivity contribution in [1.29, 1.82) is 0 Å². The van der Waals surface area contributed by atoms with Gasteiger partial charge in [-0.1, -0.05) is 24.6 Å². The summed E-state index contributed by atoms with van der Waals surface area (Å²) in [5, 5.41) is 9.54. The average Bonchev–Trinajstić information content (AvgIpc) is 2.94. The van der Waals surface area contributed by atoms with E-state index in [-0.39, 0.29) is 0 Å². The Morgan fingerprint density at radius 1 is 1.13 bits per heavy atom. The van der Waals surface area contributed by atoms with E-state index in [1.165, 1.54) is 5.57 Å². The number of nitrogens with zero attached hydrogens (tertiary/aromatic N) is 4. The third kappa shape index (κ3) is 2.35. The Hall–Kier alpha value is -2.46. The van der Waals surface area contributed by atoms with Gasteiger partial charge in [0.15, 0.2) is 5.82 Å². The third-order valence-electron chi connectivity index (χ3n) is 4.13. The molecule has 1 aromatic carbocycles. The number of hydrogen-bond acceptors (Lipinski definition) is 3. The average molecular weight is 323 g/mol. The summed E-state index contributed by atoms with van der Waals surface area (Å²) in [7, 11) is 0. The Morgan fingerprint density at radius 2 is 1.96 bits per heavy atom. The minimum absolute atomic E-state index is 0.741. The summed E-state index contributed by atoms with van der Waals surface area (Å²) in [5.41, 5.74) is 4.51. The standard InChI is InChI=1S/C18H15ClN4/c1-2-12-3-6-17-21-22-18(13-7-9-20-10-8-13)23(17)16-5-4-14(19)11-15(12)16/h3-5,7-11H,2,6H2,1H3. The van der Waals surface area contributed by atoms with E-state index in [0.717, 1.165) is 46.3 Å². The second-order valence-electron chi connectivity index (χ2n) is 5.46. The zero-order valence-electron chi connectivity index (χ0n) is 12.7. The fourth-order valence-electron chi connectivity index (χ4n) is 3.01. The maximum absolute atomic E-state index is 6.23. The molecule has 0 aliphatic carbocycles. The lowest BCUT2D eigenvalue weighted by Gasteiger charge is -2.14. The van der Waals surface area contributed by atoms with E-state index in [1.54, 1.807) is 12.4 Å². The topological polar surface area (TPSA) is 43.6 Å². The second kappa shape index (κ2) is 5.63. The largest absolute Gasteiger partial charge is 0.278 e. The summed E-state index contributed by atoms with van der Waals surface area (Å²) in [4.78, 5) is 4.08. The van der Waals surface area contributed by atoms with Crippen molar-refractivity contribution in [2.45, 2.75) is 19.8 Å². The van der Waals surface area contributed by atoms with Crippen LogP contribution in [-0.2, 0) is 6.42 Å². The van der Waals surface area contributed by atoms with Gasteiger partial charge in [0.05, 0.1) is 5.69 Å². The first kappa shape index (κ1) is 14.2. The summed E-state index contributed by atoms with van der Waals surface area (Å²) in [5.74, 6) is 1.76. The highest BCUT2D eigenvalue weighted by Gasteiger charge is 2.21. The summed E-state index contributed by atoms with van der Waals surface area (Å²) in [6, 6.07) is 9.89. The SMILES string of the molecule is CCC1=CCc2nnc(-c3ccncc3)n2-c2ccc(Cl)cc21. The van der Waals surface area contributed by atoms with E-state index in [9.17, 15) is 0 Å². The monoisotopic (exact) mass is 322 g/mol. The Kier molecular flexibility index (Phi) is 3.46. The molecule has 4 rings (SSSR count). The number of halogens is 1. The first-order chi connectivity index (χ1) is 11.3. The number of fused-ring (bicyclic) bond motifs is 3. The second-order valence-corrected chi connectivity index (χ2v) is 5.90. The van der Waals surface area contributed by atoms with Crippen LogP contribution in [0.1, 0.15) is 24.7 Å². The lowest BCUT2D eigenvalue weighted by atomic mass is 10.0. The molecule has 2 aromatic heterocycles. The van der Waals surface area contributed by atoms with Gasteiger partial charge in [-0.25, -0.2) is 0 Å². The van der Waals surface area contributed by atoms with Gasteiger partial charge in [-0.3, -0.25) is 9.55 Å². The van der Waals surface area contributed by atoms with Gasteiger partial charge in [0.2, 0.25) is 0 Å². The molecule has 0 unspecified atom stereocenters. The molecule has 4 nitrogen and oxygen atoms in total. The lowest BCUT2D eigenvalue weighted by Crippen LogP contribution is -2.03. The molecular formula is C18H15ClN4. The van der Waals surface area contributed by atoms with Gasteiger partial charge in [0, 0.05) is 35.0 Å². The number of allylic oxidation sites excluding steroid dienone is 2. The Labute approximate surface area is 139 Å². The third-order valence-corrected chi connectivity index (χ3v) is 4.36. The van der Waals surface area contributed by atoms with Gasteiger partial charge in [0.25, 0.3) is 0 Å². The number of aromatic nitrogens is 4. The van der Waals surface area contributed by atoms with Crippen molar-refractivity contribution in [3.05, 3.63) is 65.2 Å². The predicted octanol–water partition coefficient (Wildman–Crippen LogP) is 4.33. The van der Waals surface area contributed by atoms with Gasteiger partial charge >= 0.3 is 0 Å². The van der Waals surface area contributed by atoms with E-state index < -0.39 is 0 Å². The van der Waals surface area contributed by atoms with Crippen LogP contribution in [-0.4, -0.2) is 19.7 Å². The number of hydrogen-bond donors (Lipinski definition) is 0. The van der Waals surface area contributed by atoms with Gasteiger partial charge in [0.1, 0.15) is 5.82 Å². The highest BCUT2D eigenvalue weighted by molar-refractivity contribution is 6.30. The zero-order valence-corrected chi connectivity index (χ0v) is 13.5. The van der Waals surface area contributed by atoms with Crippen molar-refractivity contribution in [2.75, 3.05) is 0 Å². The molecule has 0 amide bonds. The molecule has 0 saturated heterocycles. The van der Waals surface area contributed by atoms with Crippen LogP contribution in [0.15, 0.2) is 48.8 Å². The van der Waals surface area contributed by atoms with E-state index in [4.69, 9.17) is 11.6 Å². The predicted molar refractivity (Wildman–Crippen MR) is 91.6 cm³/mol. The Balaban J connectivity index is 2.00. The number of benzene rings is 1. The number of pyridine rings is 1. The van der Waals surface area contributed by atoms with E-state index in [2.05, 4.69) is 32.7 Å². The van der Waals surface area contributed by atoms with Crippen LogP contribution in [0.5, 0.6) is 0 Å². The molecule has 23 heavy (non-hydrogen) atoms. The van der Waals surface area contributed by atoms with Crippen LogP contribution in [0.2, 0.25) is 5.02 Å². The van der Waals surface area contributed by atoms with Crippen molar-refractivity contribution in [2.24, 2.45) is 0 Å². The van der Waals surface area contributed by atoms with Gasteiger partial charge < -0.3 is 0 Å². The number of rotatable bonds is 2. The summed E-state index contributed by atoms with van der Waals surface area (Å²) in [6.45, 7) is 2.16. The molecule has 3 aromatic rings. The first-order valence-electron chi connectivity index (χ1n) is 7.62. The van der Waals surface area contributed by atoms with Crippen LogP contribution in [0, 0.1) is 0 Å². The van der Waals surface area contributed by atoms with Crippen molar-refractivity contribution in [3.8, 4) is 17.1 Å². The summed E-state index contributed by atoms with van der Waals surface area (Å²) >= 11 is 6.23. The molecule has 1 aliphatic rings. The quantitative estimate of drug-likeness (QED) is 0.705. The molecule has 0 saturated carbocycles. The highest BCUT2D eigenvalue weighted by Crippen LogP contribution is 2.34. The zero-order chi connectivity index (χ0) is 15.8. The maximum Gasteiger partial charge on any atom is 0.168 e. The van der Waals surface area contributed by atoms with Crippen LogP contribution in [0.3, 0.4) is 0 Å². The fraction of sp³-hybridized carbons (Fsp3) is 0.167. The van der Waals surface area contributed by atoms with Crippen molar-refractivity contribution in [3.63, 3.8) is 0 Å². The molecule has 114 valence electrons. The van der Waals surface area contributed by atoms with Crippen LogP contribution >= 0.6 is 11.6 Å². The molecule has 5 heteroatoms. The molecule has 0 spiro atoms.